The Bertz CT molecular complexity index is 393. The van der Waals surface area contributed by atoms with Gasteiger partial charge in [0, 0.05) is 18.7 Å². The number of hydrogen-bond acceptors (Lipinski definition) is 4. The molecule has 0 saturated carbocycles. The highest BCUT2D eigenvalue weighted by molar-refractivity contribution is 5.63. The summed E-state index contributed by atoms with van der Waals surface area (Å²) in [7, 11) is 0. The standard InChI is InChI=1S/C12H18N2O3/c1-9-5-6-12(14(16)17)11(8-9)13-10(2)4-3-7-15/h5-6,8,10,13,15H,3-4,7H2,1-2H3. The lowest BCUT2D eigenvalue weighted by Gasteiger charge is -2.15. The fraction of sp³-hybridized carbons (Fsp3) is 0.500. The molecule has 5 nitrogen and oxygen atoms in total. The van der Waals surface area contributed by atoms with Gasteiger partial charge in [0.25, 0.3) is 5.69 Å². The van der Waals surface area contributed by atoms with E-state index in [-0.39, 0.29) is 23.3 Å². The summed E-state index contributed by atoms with van der Waals surface area (Å²) in [6.07, 6.45) is 1.47. The molecule has 0 aliphatic heterocycles. The van der Waals surface area contributed by atoms with Crippen molar-refractivity contribution in [3.63, 3.8) is 0 Å². The Morgan fingerprint density at radius 3 is 2.82 bits per heavy atom. The molecule has 94 valence electrons. The zero-order chi connectivity index (χ0) is 12.8. The molecule has 1 aromatic carbocycles. The Morgan fingerprint density at radius 1 is 1.53 bits per heavy atom. The lowest BCUT2D eigenvalue weighted by molar-refractivity contribution is -0.384. The molecule has 0 fully saturated rings. The van der Waals surface area contributed by atoms with E-state index >= 15 is 0 Å². The molecule has 17 heavy (non-hydrogen) atoms. The summed E-state index contributed by atoms with van der Waals surface area (Å²) in [6.45, 7) is 3.98. The molecular weight excluding hydrogens is 220 g/mol. The van der Waals surface area contributed by atoms with Gasteiger partial charge < -0.3 is 10.4 Å². The molecule has 0 saturated heterocycles. The van der Waals surface area contributed by atoms with E-state index in [0.29, 0.717) is 12.1 Å². The quantitative estimate of drug-likeness (QED) is 0.589. The van der Waals surface area contributed by atoms with Crippen LogP contribution in [0.3, 0.4) is 0 Å². The maximum Gasteiger partial charge on any atom is 0.292 e. The summed E-state index contributed by atoms with van der Waals surface area (Å²) in [6, 6.07) is 5.11. The van der Waals surface area contributed by atoms with Crippen molar-refractivity contribution < 1.29 is 10.0 Å². The van der Waals surface area contributed by atoms with Crippen molar-refractivity contribution in [3.8, 4) is 0 Å². The van der Waals surface area contributed by atoms with Crippen molar-refractivity contribution in [2.45, 2.75) is 32.7 Å². The molecule has 5 heteroatoms. The Balaban J connectivity index is 2.81. The minimum Gasteiger partial charge on any atom is -0.396 e. The van der Waals surface area contributed by atoms with Gasteiger partial charge in [-0.2, -0.15) is 0 Å². The number of aliphatic hydroxyl groups excluding tert-OH is 1. The van der Waals surface area contributed by atoms with Gasteiger partial charge in [0.15, 0.2) is 0 Å². The van der Waals surface area contributed by atoms with Gasteiger partial charge >= 0.3 is 0 Å². The lowest BCUT2D eigenvalue weighted by Crippen LogP contribution is -2.16. The van der Waals surface area contributed by atoms with E-state index < -0.39 is 0 Å². The number of nitrogens with one attached hydrogen (secondary N) is 1. The van der Waals surface area contributed by atoms with Crippen LogP contribution >= 0.6 is 0 Å². The zero-order valence-electron chi connectivity index (χ0n) is 10.1. The third-order valence-electron chi connectivity index (χ3n) is 2.55. The van der Waals surface area contributed by atoms with Crippen LogP contribution in [-0.4, -0.2) is 22.7 Å². The largest absolute Gasteiger partial charge is 0.396 e. The Kier molecular flexibility index (Phi) is 4.90. The van der Waals surface area contributed by atoms with Crippen molar-refractivity contribution in [3.05, 3.63) is 33.9 Å². The number of aryl methyl sites for hydroxylation is 1. The van der Waals surface area contributed by atoms with E-state index in [1.807, 2.05) is 13.8 Å². The second-order valence-corrected chi connectivity index (χ2v) is 4.19. The van der Waals surface area contributed by atoms with Crippen molar-refractivity contribution in [2.75, 3.05) is 11.9 Å². The first-order valence-electron chi connectivity index (χ1n) is 5.67. The molecule has 1 aromatic rings. The fourth-order valence-electron chi connectivity index (χ4n) is 1.66. The molecule has 1 rings (SSSR count). The number of hydrogen-bond donors (Lipinski definition) is 2. The predicted molar refractivity (Wildman–Crippen MR) is 67.2 cm³/mol. The Hall–Kier alpha value is -1.62. The topological polar surface area (TPSA) is 75.4 Å². The first-order chi connectivity index (χ1) is 8.04. The van der Waals surface area contributed by atoms with Gasteiger partial charge in [0.2, 0.25) is 0 Å². The van der Waals surface area contributed by atoms with E-state index in [4.69, 9.17) is 5.11 Å². The molecule has 0 spiro atoms. The molecule has 1 unspecified atom stereocenters. The van der Waals surface area contributed by atoms with Gasteiger partial charge in [-0.25, -0.2) is 0 Å². The average molecular weight is 238 g/mol. The van der Waals surface area contributed by atoms with Crippen molar-refractivity contribution in [1.82, 2.24) is 0 Å². The number of anilines is 1. The highest BCUT2D eigenvalue weighted by Gasteiger charge is 2.14. The number of benzene rings is 1. The number of aliphatic hydroxyl groups is 1. The lowest BCUT2D eigenvalue weighted by atomic mass is 10.1. The Morgan fingerprint density at radius 2 is 2.24 bits per heavy atom. The van der Waals surface area contributed by atoms with Crippen LogP contribution in [0.4, 0.5) is 11.4 Å². The fourth-order valence-corrected chi connectivity index (χ4v) is 1.66. The van der Waals surface area contributed by atoms with Gasteiger partial charge in [-0.1, -0.05) is 6.07 Å². The summed E-state index contributed by atoms with van der Waals surface area (Å²) >= 11 is 0. The van der Waals surface area contributed by atoms with E-state index in [0.717, 1.165) is 12.0 Å². The predicted octanol–water partition coefficient (Wildman–Crippen LogP) is 2.48. The molecule has 0 amide bonds. The maximum atomic E-state index is 10.9. The van der Waals surface area contributed by atoms with Crippen molar-refractivity contribution in [1.29, 1.82) is 0 Å². The van der Waals surface area contributed by atoms with Gasteiger partial charge in [-0.15, -0.1) is 0 Å². The third kappa shape index (κ3) is 4.03. The number of nitrogens with zero attached hydrogens (tertiary/aromatic N) is 1. The molecule has 0 heterocycles. The first kappa shape index (κ1) is 13.4. The van der Waals surface area contributed by atoms with E-state index in [1.165, 1.54) is 6.07 Å². The highest BCUT2D eigenvalue weighted by Crippen LogP contribution is 2.26. The van der Waals surface area contributed by atoms with Crippen molar-refractivity contribution in [2.24, 2.45) is 0 Å². The molecule has 0 aliphatic rings. The van der Waals surface area contributed by atoms with Crippen LogP contribution in [0.1, 0.15) is 25.3 Å². The van der Waals surface area contributed by atoms with Crippen LogP contribution in [0.15, 0.2) is 18.2 Å². The molecule has 2 N–H and O–H groups in total. The van der Waals surface area contributed by atoms with Crippen LogP contribution in [0.5, 0.6) is 0 Å². The molecule has 1 atom stereocenters. The van der Waals surface area contributed by atoms with Crippen molar-refractivity contribution >= 4 is 11.4 Å². The monoisotopic (exact) mass is 238 g/mol. The van der Waals surface area contributed by atoms with Crippen LogP contribution in [0.2, 0.25) is 0 Å². The summed E-state index contributed by atoms with van der Waals surface area (Å²) < 4.78 is 0. The highest BCUT2D eigenvalue weighted by atomic mass is 16.6. The minimum absolute atomic E-state index is 0.0893. The van der Waals surface area contributed by atoms with Crippen LogP contribution < -0.4 is 5.32 Å². The van der Waals surface area contributed by atoms with Gasteiger partial charge in [0.05, 0.1) is 4.92 Å². The SMILES string of the molecule is Cc1ccc([N+](=O)[O-])c(NC(C)CCCO)c1. The molecular formula is C12H18N2O3. The van der Waals surface area contributed by atoms with Crippen LogP contribution in [-0.2, 0) is 0 Å². The normalized spacial score (nSPS) is 12.2. The second kappa shape index (κ2) is 6.20. The third-order valence-corrected chi connectivity index (χ3v) is 2.55. The summed E-state index contributed by atoms with van der Waals surface area (Å²) in [5.41, 5.74) is 1.61. The average Bonchev–Trinajstić information content (AvgIpc) is 2.26. The summed E-state index contributed by atoms with van der Waals surface area (Å²) in [4.78, 5) is 10.5. The molecule has 0 bridgehead atoms. The van der Waals surface area contributed by atoms with E-state index in [2.05, 4.69) is 5.32 Å². The zero-order valence-corrected chi connectivity index (χ0v) is 10.1. The Labute approximate surface area is 101 Å². The molecule has 0 aliphatic carbocycles. The molecule has 0 aromatic heterocycles. The van der Waals surface area contributed by atoms with Gasteiger partial charge in [-0.05, 0) is 38.3 Å². The molecule has 0 radical (unpaired) electrons. The van der Waals surface area contributed by atoms with E-state index in [1.54, 1.807) is 12.1 Å². The maximum absolute atomic E-state index is 10.9. The van der Waals surface area contributed by atoms with E-state index in [9.17, 15) is 10.1 Å². The minimum atomic E-state index is -0.388. The number of nitro benzene ring substituents is 1. The summed E-state index contributed by atoms with van der Waals surface area (Å²) in [5, 5.41) is 22.7. The second-order valence-electron chi connectivity index (χ2n) is 4.19. The smallest absolute Gasteiger partial charge is 0.292 e. The first-order valence-corrected chi connectivity index (χ1v) is 5.67. The van der Waals surface area contributed by atoms with Crippen LogP contribution in [0, 0.1) is 17.0 Å². The van der Waals surface area contributed by atoms with Crippen LogP contribution in [0.25, 0.3) is 0 Å². The van der Waals surface area contributed by atoms with Gasteiger partial charge in [0.1, 0.15) is 5.69 Å². The van der Waals surface area contributed by atoms with Gasteiger partial charge in [-0.3, -0.25) is 10.1 Å². The number of nitro groups is 1. The summed E-state index contributed by atoms with van der Waals surface area (Å²) in [5.74, 6) is 0. The number of rotatable bonds is 6.